The maximum Gasteiger partial charge on any atom is 0.256 e. The van der Waals surface area contributed by atoms with Crippen molar-refractivity contribution in [2.24, 2.45) is 5.92 Å². The first-order chi connectivity index (χ1) is 10.1. The number of carbonyl (C=O) groups is 2. The van der Waals surface area contributed by atoms with Crippen molar-refractivity contribution in [1.82, 2.24) is 10.6 Å². The zero-order valence-electron chi connectivity index (χ0n) is 11.8. The van der Waals surface area contributed by atoms with E-state index in [2.05, 4.69) is 10.6 Å². The molecule has 1 aromatic rings. The van der Waals surface area contributed by atoms with Gasteiger partial charge in [0.15, 0.2) is 5.92 Å². The molecule has 21 heavy (non-hydrogen) atoms. The molecule has 1 aromatic carbocycles. The molecule has 0 aliphatic carbocycles. The van der Waals surface area contributed by atoms with Gasteiger partial charge in [0.1, 0.15) is 4.99 Å². The number of rotatable bonds is 6. The number of nitriles is 1. The molecular weight excluding hydrogens is 286 g/mol. The SMILES string of the molecule is CCCCNC(=O)C(C#N)C(=S)NC(=O)c1ccccc1. The second-order valence-electron chi connectivity index (χ2n) is 4.39. The van der Waals surface area contributed by atoms with E-state index in [0.717, 1.165) is 12.8 Å². The highest BCUT2D eigenvalue weighted by atomic mass is 32.1. The molecule has 1 atom stereocenters. The van der Waals surface area contributed by atoms with E-state index >= 15 is 0 Å². The third-order valence-corrected chi connectivity index (χ3v) is 3.09. The number of unbranched alkanes of at least 4 members (excludes halogenated alkanes) is 1. The molecule has 0 spiro atoms. The number of hydrogen-bond donors (Lipinski definition) is 2. The Morgan fingerprint density at radius 1 is 1.33 bits per heavy atom. The molecule has 0 aliphatic rings. The van der Waals surface area contributed by atoms with Gasteiger partial charge in [-0.25, -0.2) is 0 Å². The molecule has 0 aliphatic heterocycles. The van der Waals surface area contributed by atoms with E-state index in [4.69, 9.17) is 17.5 Å². The standard InChI is InChI=1S/C15H17N3O2S/c1-2-3-9-17-14(20)12(10-16)15(21)18-13(19)11-7-5-4-6-8-11/h4-8,12H,2-3,9H2,1H3,(H,17,20)(H,18,19,21). The molecule has 0 fully saturated rings. The lowest BCUT2D eigenvalue weighted by Gasteiger charge is -2.12. The summed E-state index contributed by atoms with van der Waals surface area (Å²) >= 11 is 4.99. The maximum atomic E-state index is 11.9. The fourth-order valence-corrected chi connectivity index (χ4v) is 1.82. The Hall–Kier alpha value is -2.26. The summed E-state index contributed by atoms with van der Waals surface area (Å²) in [6.45, 7) is 2.49. The molecule has 1 unspecified atom stereocenters. The van der Waals surface area contributed by atoms with Gasteiger partial charge in [0.25, 0.3) is 5.91 Å². The smallest absolute Gasteiger partial charge is 0.256 e. The van der Waals surface area contributed by atoms with Crippen LogP contribution in [0.25, 0.3) is 0 Å². The number of benzene rings is 1. The molecular formula is C15H17N3O2S. The average Bonchev–Trinajstić information content (AvgIpc) is 2.49. The largest absolute Gasteiger partial charge is 0.355 e. The van der Waals surface area contributed by atoms with Crippen LogP contribution in [0.3, 0.4) is 0 Å². The second-order valence-corrected chi connectivity index (χ2v) is 4.83. The summed E-state index contributed by atoms with van der Waals surface area (Å²) in [7, 11) is 0. The fourth-order valence-electron chi connectivity index (χ4n) is 1.57. The van der Waals surface area contributed by atoms with Gasteiger partial charge in [-0.1, -0.05) is 43.8 Å². The molecule has 0 saturated heterocycles. The average molecular weight is 303 g/mol. The summed E-state index contributed by atoms with van der Waals surface area (Å²) in [5, 5.41) is 14.1. The second kappa shape index (κ2) is 8.82. The minimum absolute atomic E-state index is 0.0830. The quantitative estimate of drug-likeness (QED) is 0.620. The van der Waals surface area contributed by atoms with Crippen LogP contribution in [0.15, 0.2) is 30.3 Å². The van der Waals surface area contributed by atoms with Gasteiger partial charge in [0.2, 0.25) is 5.91 Å². The molecule has 0 saturated carbocycles. The van der Waals surface area contributed by atoms with Gasteiger partial charge in [0, 0.05) is 12.1 Å². The highest BCUT2D eigenvalue weighted by Crippen LogP contribution is 2.02. The monoisotopic (exact) mass is 303 g/mol. The van der Waals surface area contributed by atoms with E-state index in [1.54, 1.807) is 30.3 Å². The van der Waals surface area contributed by atoms with Crippen LogP contribution in [0, 0.1) is 17.2 Å². The first kappa shape index (κ1) is 16.8. The van der Waals surface area contributed by atoms with E-state index in [9.17, 15) is 9.59 Å². The summed E-state index contributed by atoms with van der Waals surface area (Å²) in [6.07, 6.45) is 1.76. The van der Waals surface area contributed by atoms with Gasteiger partial charge >= 0.3 is 0 Å². The highest BCUT2D eigenvalue weighted by Gasteiger charge is 2.24. The molecule has 1 rings (SSSR count). The minimum Gasteiger partial charge on any atom is -0.355 e. The highest BCUT2D eigenvalue weighted by molar-refractivity contribution is 7.80. The Labute approximate surface area is 129 Å². The van der Waals surface area contributed by atoms with Gasteiger partial charge in [-0.15, -0.1) is 0 Å². The van der Waals surface area contributed by atoms with Crippen LogP contribution in [0.1, 0.15) is 30.1 Å². The van der Waals surface area contributed by atoms with Gasteiger partial charge in [-0.2, -0.15) is 5.26 Å². The van der Waals surface area contributed by atoms with Crippen LogP contribution >= 0.6 is 12.2 Å². The molecule has 6 heteroatoms. The topological polar surface area (TPSA) is 82.0 Å². The maximum absolute atomic E-state index is 11.9. The van der Waals surface area contributed by atoms with Crippen molar-refractivity contribution < 1.29 is 9.59 Å². The van der Waals surface area contributed by atoms with Gasteiger partial charge in [-0.3, -0.25) is 9.59 Å². The Kier molecular flexibility index (Phi) is 7.05. The van der Waals surface area contributed by atoms with E-state index in [1.807, 2.05) is 13.0 Å². The molecule has 0 aromatic heterocycles. The predicted molar refractivity (Wildman–Crippen MR) is 83.5 cm³/mol. The van der Waals surface area contributed by atoms with E-state index < -0.39 is 17.7 Å². The number of nitrogens with one attached hydrogen (secondary N) is 2. The summed E-state index contributed by atoms with van der Waals surface area (Å²) in [4.78, 5) is 23.7. The Morgan fingerprint density at radius 2 is 2.00 bits per heavy atom. The lowest BCUT2D eigenvalue weighted by atomic mass is 10.1. The number of amides is 2. The van der Waals surface area contributed by atoms with Crippen LogP contribution < -0.4 is 10.6 Å². The van der Waals surface area contributed by atoms with Crippen molar-refractivity contribution in [3.63, 3.8) is 0 Å². The van der Waals surface area contributed by atoms with Crippen molar-refractivity contribution in [2.45, 2.75) is 19.8 Å². The summed E-state index contributed by atoms with van der Waals surface area (Å²) in [6, 6.07) is 10.3. The van der Waals surface area contributed by atoms with Gasteiger partial charge < -0.3 is 10.6 Å². The van der Waals surface area contributed by atoms with E-state index in [0.29, 0.717) is 12.1 Å². The van der Waals surface area contributed by atoms with Gasteiger partial charge in [-0.05, 0) is 18.6 Å². The first-order valence-electron chi connectivity index (χ1n) is 6.67. The summed E-state index contributed by atoms with van der Waals surface area (Å²) in [5.74, 6) is -2.07. The lowest BCUT2D eigenvalue weighted by Crippen LogP contribution is -2.42. The van der Waals surface area contributed by atoms with Crippen LogP contribution in [0.5, 0.6) is 0 Å². The van der Waals surface area contributed by atoms with Crippen molar-refractivity contribution >= 4 is 29.0 Å². The molecule has 0 bridgehead atoms. The zero-order chi connectivity index (χ0) is 15.7. The Morgan fingerprint density at radius 3 is 2.57 bits per heavy atom. The first-order valence-corrected chi connectivity index (χ1v) is 7.08. The number of thiocarbonyl (C=S) groups is 1. The lowest BCUT2D eigenvalue weighted by molar-refractivity contribution is -0.121. The van der Waals surface area contributed by atoms with Crippen molar-refractivity contribution in [1.29, 1.82) is 5.26 Å². The third-order valence-electron chi connectivity index (χ3n) is 2.76. The normalized spacial score (nSPS) is 11.0. The summed E-state index contributed by atoms with van der Waals surface area (Å²) in [5.41, 5.74) is 0.419. The predicted octanol–water partition coefficient (Wildman–Crippen LogP) is 1.80. The zero-order valence-corrected chi connectivity index (χ0v) is 12.6. The molecule has 2 N–H and O–H groups in total. The number of nitrogens with zero attached hydrogens (tertiary/aromatic N) is 1. The van der Waals surface area contributed by atoms with E-state index in [-0.39, 0.29) is 4.99 Å². The molecule has 5 nitrogen and oxygen atoms in total. The minimum atomic E-state index is -1.16. The fraction of sp³-hybridized carbons (Fsp3) is 0.333. The molecule has 110 valence electrons. The van der Waals surface area contributed by atoms with Crippen LogP contribution in [0.4, 0.5) is 0 Å². The van der Waals surface area contributed by atoms with Crippen molar-refractivity contribution in [2.75, 3.05) is 6.54 Å². The summed E-state index contributed by atoms with van der Waals surface area (Å²) < 4.78 is 0. The van der Waals surface area contributed by atoms with Crippen molar-refractivity contribution in [3.8, 4) is 6.07 Å². The van der Waals surface area contributed by atoms with Crippen LogP contribution in [-0.4, -0.2) is 23.3 Å². The molecule has 2 amide bonds. The Bertz CT molecular complexity index is 552. The van der Waals surface area contributed by atoms with Crippen LogP contribution in [-0.2, 0) is 4.79 Å². The third kappa shape index (κ3) is 5.32. The number of hydrogen-bond acceptors (Lipinski definition) is 4. The van der Waals surface area contributed by atoms with Gasteiger partial charge in [0.05, 0.1) is 6.07 Å². The van der Waals surface area contributed by atoms with Crippen molar-refractivity contribution in [3.05, 3.63) is 35.9 Å². The Balaban J connectivity index is 2.61. The molecule has 0 radical (unpaired) electrons. The number of carbonyl (C=O) groups excluding carboxylic acids is 2. The molecule has 0 heterocycles. The van der Waals surface area contributed by atoms with E-state index in [1.165, 1.54) is 0 Å². The van der Waals surface area contributed by atoms with Crippen LogP contribution in [0.2, 0.25) is 0 Å².